The molecule has 0 aliphatic rings. The van der Waals surface area contributed by atoms with Crippen molar-refractivity contribution in [3.8, 4) is 0 Å². The van der Waals surface area contributed by atoms with Crippen molar-refractivity contribution in [2.75, 3.05) is 6.54 Å². The third-order valence-electron chi connectivity index (χ3n) is 4.53. The summed E-state index contributed by atoms with van der Waals surface area (Å²) >= 11 is 0. The molecule has 0 aliphatic heterocycles. The molecular weight excluding hydrogens is 316 g/mol. The molecule has 25 heavy (non-hydrogen) atoms. The number of hydrogen-bond acceptors (Lipinski definition) is 2. The Balaban J connectivity index is 1.85. The van der Waals surface area contributed by atoms with Gasteiger partial charge in [-0.05, 0) is 18.4 Å². The fourth-order valence-electron chi connectivity index (χ4n) is 2.93. The van der Waals surface area contributed by atoms with Crippen LogP contribution in [-0.2, 0) is 7.05 Å². The number of aromatic nitrogens is 1. The van der Waals surface area contributed by atoms with Crippen molar-refractivity contribution in [3.05, 3.63) is 36.0 Å². The summed E-state index contributed by atoms with van der Waals surface area (Å²) in [5, 5.41) is 3.68. The zero-order valence-corrected chi connectivity index (χ0v) is 15.3. The highest BCUT2D eigenvalue weighted by molar-refractivity contribution is 6.07. The Kier molecular flexibility index (Phi) is 6.86. The highest BCUT2D eigenvalue weighted by atomic mass is 16.2. The first-order valence-corrected chi connectivity index (χ1v) is 8.95. The van der Waals surface area contributed by atoms with Crippen LogP contribution >= 0.6 is 0 Å². The Morgan fingerprint density at radius 3 is 2.64 bits per heavy atom. The number of hydrogen-bond donors (Lipinski definition) is 3. The summed E-state index contributed by atoms with van der Waals surface area (Å²) in [5.74, 6) is 0.143. The van der Waals surface area contributed by atoms with Gasteiger partial charge in [0, 0.05) is 30.7 Å². The van der Waals surface area contributed by atoms with E-state index in [4.69, 9.17) is 0 Å². The smallest absolute Gasteiger partial charge is 0.333 e. The number of para-hydroxylation sites is 1. The molecule has 0 spiro atoms. The second-order valence-corrected chi connectivity index (χ2v) is 6.38. The molecular formula is C19H28N4O2. The van der Waals surface area contributed by atoms with Gasteiger partial charge in [0.1, 0.15) is 0 Å². The SMILES string of the molecule is CCCC[C@@H](CC)CNC(=O)NNC(=O)c1cn(C)c2ccccc12. The molecule has 0 bridgehead atoms. The lowest BCUT2D eigenvalue weighted by molar-refractivity contribution is 0.0937. The van der Waals surface area contributed by atoms with Crippen LogP contribution in [0, 0.1) is 5.92 Å². The minimum atomic E-state index is -0.386. The first-order valence-electron chi connectivity index (χ1n) is 8.95. The minimum absolute atomic E-state index is 0.329. The molecule has 0 saturated heterocycles. The summed E-state index contributed by atoms with van der Waals surface area (Å²) in [6.45, 7) is 4.91. The summed E-state index contributed by atoms with van der Waals surface area (Å²) in [7, 11) is 1.89. The average molecular weight is 344 g/mol. The highest BCUT2D eigenvalue weighted by Gasteiger charge is 2.14. The average Bonchev–Trinajstić information content (AvgIpc) is 2.97. The number of aryl methyl sites for hydroxylation is 1. The molecule has 1 heterocycles. The number of amides is 3. The number of carbonyl (C=O) groups is 2. The Hall–Kier alpha value is -2.50. The summed E-state index contributed by atoms with van der Waals surface area (Å²) in [6, 6.07) is 7.28. The number of unbranched alkanes of at least 4 members (excludes halogenated alkanes) is 1. The van der Waals surface area contributed by atoms with E-state index in [0.717, 1.165) is 30.2 Å². The fraction of sp³-hybridized carbons (Fsp3) is 0.474. The lowest BCUT2D eigenvalue weighted by Crippen LogP contribution is -2.47. The van der Waals surface area contributed by atoms with E-state index in [0.29, 0.717) is 18.0 Å². The molecule has 136 valence electrons. The largest absolute Gasteiger partial charge is 0.350 e. The van der Waals surface area contributed by atoms with E-state index in [1.807, 2.05) is 35.9 Å². The van der Waals surface area contributed by atoms with Gasteiger partial charge in [-0.2, -0.15) is 0 Å². The third-order valence-corrected chi connectivity index (χ3v) is 4.53. The Labute approximate surface area is 148 Å². The predicted molar refractivity (Wildman–Crippen MR) is 100 cm³/mol. The van der Waals surface area contributed by atoms with Gasteiger partial charge in [0.2, 0.25) is 0 Å². The monoisotopic (exact) mass is 344 g/mol. The molecule has 1 atom stereocenters. The van der Waals surface area contributed by atoms with E-state index in [2.05, 4.69) is 30.0 Å². The number of urea groups is 1. The lowest BCUT2D eigenvalue weighted by Gasteiger charge is -2.15. The molecule has 3 N–H and O–H groups in total. The molecule has 0 unspecified atom stereocenters. The Morgan fingerprint density at radius 1 is 1.16 bits per heavy atom. The van der Waals surface area contributed by atoms with Crippen molar-refractivity contribution >= 4 is 22.8 Å². The van der Waals surface area contributed by atoms with Crippen molar-refractivity contribution in [2.24, 2.45) is 13.0 Å². The van der Waals surface area contributed by atoms with E-state index < -0.39 is 0 Å². The highest BCUT2D eigenvalue weighted by Crippen LogP contribution is 2.19. The van der Waals surface area contributed by atoms with Crippen LogP contribution in [-0.4, -0.2) is 23.1 Å². The number of nitrogens with one attached hydrogen (secondary N) is 3. The van der Waals surface area contributed by atoms with Gasteiger partial charge in [0.05, 0.1) is 5.56 Å². The molecule has 3 amide bonds. The van der Waals surface area contributed by atoms with Crippen LogP contribution in [0.15, 0.2) is 30.5 Å². The van der Waals surface area contributed by atoms with Crippen molar-refractivity contribution in [1.29, 1.82) is 0 Å². The lowest BCUT2D eigenvalue weighted by atomic mass is 9.99. The maximum Gasteiger partial charge on any atom is 0.333 e. The van der Waals surface area contributed by atoms with Gasteiger partial charge in [-0.1, -0.05) is 51.3 Å². The van der Waals surface area contributed by atoms with Crippen LogP contribution in [0.25, 0.3) is 10.9 Å². The molecule has 2 rings (SSSR count). The molecule has 0 fully saturated rings. The molecule has 6 nitrogen and oxygen atoms in total. The fourth-order valence-corrected chi connectivity index (χ4v) is 2.93. The van der Waals surface area contributed by atoms with Crippen molar-refractivity contribution in [3.63, 3.8) is 0 Å². The first-order chi connectivity index (χ1) is 12.1. The van der Waals surface area contributed by atoms with Crippen LogP contribution < -0.4 is 16.2 Å². The maximum atomic E-state index is 12.3. The minimum Gasteiger partial charge on any atom is -0.350 e. The van der Waals surface area contributed by atoms with Gasteiger partial charge >= 0.3 is 6.03 Å². The van der Waals surface area contributed by atoms with Gasteiger partial charge in [-0.25, -0.2) is 10.2 Å². The zero-order chi connectivity index (χ0) is 18.2. The van der Waals surface area contributed by atoms with Crippen molar-refractivity contribution in [2.45, 2.75) is 39.5 Å². The topological polar surface area (TPSA) is 75.2 Å². The standard InChI is InChI=1S/C19H28N4O2/c1-4-6-9-14(5-2)12-20-19(25)22-21-18(24)16-13-23(3)17-11-8-7-10-15(16)17/h7-8,10-11,13-14H,4-6,9,12H2,1-3H3,(H,21,24)(H2,20,22,25)/t14-/m1/s1. The van der Waals surface area contributed by atoms with Gasteiger partial charge in [0.25, 0.3) is 5.91 Å². The van der Waals surface area contributed by atoms with Gasteiger partial charge in [-0.15, -0.1) is 0 Å². The normalized spacial score (nSPS) is 12.0. The number of nitrogens with zero attached hydrogens (tertiary/aromatic N) is 1. The zero-order valence-electron chi connectivity index (χ0n) is 15.3. The number of carbonyl (C=O) groups excluding carboxylic acids is 2. The molecule has 2 aromatic rings. The van der Waals surface area contributed by atoms with Crippen molar-refractivity contribution < 1.29 is 9.59 Å². The quantitative estimate of drug-likeness (QED) is 0.674. The molecule has 0 radical (unpaired) electrons. The second kappa shape index (κ2) is 9.11. The summed E-state index contributed by atoms with van der Waals surface area (Å²) < 4.78 is 1.89. The van der Waals surface area contributed by atoms with Crippen LogP contribution in [0.4, 0.5) is 4.79 Å². The van der Waals surface area contributed by atoms with Crippen molar-refractivity contribution in [1.82, 2.24) is 20.7 Å². The molecule has 0 aliphatic carbocycles. The molecule has 1 aromatic carbocycles. The van der Waals surface area contributed by atoms with Crippen LogP contribution in [0.2, 0.25) is 0 Å². The van der Waals surface area contributed by atoms with Crippen LogP contribution in [0.1, 0.15) is 49.9 Å². The van der Waals surface area contributed by atoms with E-state index in [-0.39, 0.29) is 11.9 Å². The Morgan fingerprint density at radius 2 is 1.92 bits per heavy atom. The number of rotatable bonds is 7. The van der Waals surface area contributed by atoms with E-state index in [9.17, 15) is 9.59 Å². The molecule has 6 heteroatoms. The number of hydrazine groups is 1. The number of benzene rings is 1. The summed E-state index contributed by atoms with van der Waals surface area (Å²) in [6.07, 6.45) is 6.22. The third kappa shape index (κ3) is 4.98. The molecule has 1 aromatic heterocycles. The van der Waals surface area contributed by atoms with E-state index in [1.165, 1.54) is 6.42 Å². The predicted octanol–water partition coefficient (Wildman–Crippen LogP) is 3.34. The van der Waals surface area contributed by atoms with E-state index in [1.54, 1.807) is 6.20 Å². The summed E-state index contributed by atoms with van der Waals surface area (Å²) in [4.78, 5) is 24.2. The molecule has 0 saturated carbocycles. The van der Waals surface area contributed by atoms with Gasteiger partial charge in [0.15, 0.2) is 0 Å². The Bertz CT molecular complexity index is 723. The number of fused-ring (bicyclic) bond motifs is 1. The maximum absolute atomic E-state index is 12.3. The van der Waals surface area contributed by atoms with Gasteiger partial charge < -0.3 is 9.88 Å². The van der Waals surface area contributed by atoms with Crippen LogP contribution in [0.5, 0.6) is 0 Å². The summed E-state index contributed by atoms with van der Waals surface area (Å²) in [5.41, 5.74) is 6.41. The van der Waals surface area contributed by atoms with E-state index >= 15 is 0 Å². The first kappa shape index (κ1) is 18.8. The van der Waals surface area contributed by atoms with Gasteiger partial charge in [-0.3, -0.25) is 10.2 Å². The van der Waals surface area contributed by atoms with Crippen LogP contribution in [0.3, 0.4) is 0 Å². The second-order valence-electron chi connectivity index (χ2n) is 6.38.